The van der Waals surface area contributed by atoms with Gasteiger partial charge in [0.1, 0.15) is 5.82 Å². The smallest absolute Gasteiger partial charge is 0.251 e. The van der Waals surface area contributed by atoms with Gasteiger partial charge in [0, 0.05) is 17.7 Å². The fourth-order valence-electron chi connectivity index (χ4n) is 1.36. The summed E-state index contributed by atoms with van der Waals surface area (Å²) in [5.41, 5.74) is 6.52. The zero-order valence-corrected chi connectivity index (χ0v) is 8.94. The molecule has 3 N–H and O–H groups in total. The number of anilines is 1. The van der Waals surface area contributed by atoms with E-state index in [1.54, 1.807) is 12.3 Å². The predicted octanol–water partition coefficient (Wildman–Crippen LogP) is 1.93. The molecule has 0 fully saturated rings. The van der Waals surface area contributed by atoms with Crippen molar-refractivity contribution in [3.05, 3.63) is 53.7 Å². The third-order valence-electron chi connectivity index (χ3n) is 2.29. The van der Waals surface area contributed by atoms with Crippen molar-refractivity contribution in [2.75, 3.05) is 5.73 Å². The van der Waals surface area contributed by atoms with Crippen molar-refractivity contribution in [1.82, 2.24) is 5.32 Å². The highest BCUT2D eigenvalue weighted by molar-refractivity contribution is 5.94. The van der Waals surface area contributed by atoms with Gasteiger partial charge in [0.15, 0.2) is 0 Å². The van der Waals surface area contributed by atoms with Gasteiger partial charge in [-0.1, -0.05) is 0 Å². The number of furan rings is 1. The van der Waals surface area contributed by atoms with Gasteiger partial charge < -0.3 is 15.5 Å². The molecular weight excluding hydrogens is 223 g/mol. The lowest BCUT2D eigenvalue weighted by atomic mass is 10.2. The fourth-order valence-corrected chi connectivity index (χ4v) is 1.36. The lowest BCUT2D eigenvalue weighted by Crippen LogP contribution is -2.22. The Morgan fingerprint density at radius 3 is 2.88 bits per heavy atom. The number of hydrogen-bond donors (Lipinski definition) is 2. The highest BCUT2D eigenvalue weighted by atomic mass is 19.1. The zero-order valence-electron chi connectivity index (χ0n) is 8.94. The quantitative estimate of drug-likeness (QED) is 0.797. The van der Waals surface area contributed by atoms with Crippen LogP contribution in [-0.2, 0) is 6.54 Å². The normalized spacial score (nSPS) is 10.2. The van der Waals surface area contributed by atoms with Crippen molar-refractivity contribution in [1.29, 1.82) is 0 Å². The van der Waals surface area contributed by atoms with Crippen molar-refractivity contribution >= 4 is 11.6 Å². The summed E-state index contributed by atoms with van der Waals surface area (Å²) in [5.74, 6) is -0.839. The van der Waals surface area contributed by atoms with E-state index in [-0.39, 0.29) is 11.6 Å². The molecule has 0 aliphatic rings. The Balaban J connectivity index is 2.02. The molecule has 5 heteroatoms. The second-order valence-electron chi connectivity index (χ2n) is 3.55. The predicted molar refractivity (Wildman–Crippen MR) is 60.7 cm³/mol. The third-order valence-corrected chi connectivity index (χ3v) is 2.29. The maximum absolute atomic E-state index is 12.9. The van der Waals surface area contributed by atoms with Crippen LogP contribution in [0, 0.1) is 5.82 Å². The molecule has 1 aromatic carbocycles. The van der Waals surface area contributed by atoms with Crippen LogP contribution in [0.2, 0.25) is 0 Å². The highest BCUT2D eigenvalue weighted by Gasteiger charge is 2.07. The van der Waals surface area contributed by atoms with E-state index in [0.717, 1.165) is 5.56 Å². The highest BCUT2D eigenvalue weighted by Crippen LogP contribution is 2.12. The molecule has 0 unspecified atom stereocenters. The van der Waals surface area contributed by atoms with Gasteiger partial charge in [-0.3, -0.25) is 4.79 Å². The largest absolute Gasteiger partial charge is 0.472 e. The second kappa shape index (κ2) is 4.69. The fraction of sp³-hybridized carbons (Fsp3) is 0.0833. The molecule has 0 bridgehead atoms. The Labute approximate surface area is 97.2 Å². The van der Waals surface area contributed by atoms with Gasteiger partial charge in [-0.2, -0.15) is 0 Å². The van der Waals surface area contributed by atoms with Crippen molar-refractivity contribution in [2.45, 2.75) is 6.54 Å². The molecule has 1 aromatic heterocycles. The van der Waals surface area contributed by atoms with Crippen LogP contribution < -0.4 is 11.1 Å². The first-order chi connectivity index (χ1) is 8.16. The minimum atomic E-state index is -0.531. The number of benzene rings is 1. The molecule has 0 atom stereocenters. The number of amides is 1. The van der Waals surface area contributed by atoms with Gasteiger partial charge in [-0.05, 0) is 24.3 Å². The van der Waals surface area contributed by atoms with Gasteiger partial charge >= 0.3 is 0 Å². The number of nitrogens with two attached hydrogens (primary N) is 1. The van der Waals surface area contributed by atoms with E-state index in [2.05, 4.69) is 5.32 Å². The van der Waals surface area contributed by atoms with Gasteiger partial charge in [0.05, 0.1) is 18.2 Å². The van der Waals surface area contributed by atoms with Crippen LogP contribution in [0.3, 0.4) is 0 Å². The molecule has 1 heterocycles. The lowest BCUT2D eigenvalue weighted by molar-refractivity contribution is 0.0951. The molecular formula is C12H11FN2O2. The summed E-state index contributed by atoms with van der Waals surface area (Å²) in [6.07, 6.45) is 3.07. The number of nitrogen functional groups attached to an aromatic ring is 1. The van der Waals surface area contributed by atoms with Crippen molar-refractivity contribution in [3.63, 3.8) is 0 Å². The minimum Gasteiger partial charge on any atom is -0.472 e. The summed E-state index contributed by atoms with van der Waals surface area (Å²) >= 11 is 0. The lowest BCUT2D eigenvalue weighted by Gasteiger charge is -2.04. The first kappa shape index (κ1) is 11.2. The molecule has 2 aromatic rings. The Morgan fingerprint density at radius 2 is 2.24 bits per heavy atom. The Morgan fingerprint density at radius 1 is 1.41 bits per heavy atom. The van der Waals surface area contributed by atoms with Crippen LogP contribution >= 0.6 is 0 Å². The first-order valence-electron chi connectivity index (χ1n) is 5.01. The van der Waals surface area contributed by atoms with Crippen LogP contribution in [0.15, 0.2) is 41.2 Å². The van der Waals surface area contributed by atoms with Crippen LogP contribution in [0.4, 0.5) is 10.1 Å². The number of carbonyl (C=O) groups excluding carboxylic acids is 1. The molecule has 0 aliphatic carbocycles. The average molecular weight is 234 g/mol. The van der Waals surface area contributed by atoms with E-state index < -0.39 is 5.82 Å². The number of halogens is 1. The van der Waals surface area contributed by atoms with Crippen LogP contribution in [-0.4, -0.2) is 5.91 Å². The summed E-state index contributed by atoms with van der Waals surface area (Å²) in [5, 5.41) is 2.67. The first-order valence-corrected chi connectivity index (χ1v) is 5.01. The van der Waals surface area contributed by atoms with E-state index in [1.807, 2.05) is 0 Å². The maximum Gasteiger partial charge on any atom is 0.251 e. The number of hydrogen-bond acceptors (Lipinski definition) is 3. The van der Waals surface area contributed by atoms with E-state index in [4.69, 9.17) is 10.2 Å². The molecule has 4 nitrogen and oxygen atoms in total. The van der Waals surface area contributed by atoms with E-state index in [1.165, 1.54) is 24.5 Å². The molecule has 88 valence electrons. The Hall–Kier alpha value is -2.30. The Bertz CT molecular complexity index is 523. The van der Waals surface area contributed by atoms with Crippen molar-refractivity contribution in [2.24, 2.45) is 0 Å². The maximum atomic E-state index is 12.9. The summed E-state index contributed by atoms with van der Waals surface area (Å²) in [6.45, 7) is 0.354. The monoisotopic (exact) mass is 234 g/mol. The molecule has 0 aliphatic heterocycles. The molecule has 1 amide bonds. The minimum absolute atomic E-state index is 0.0408. The third kappa shape index (κ3) is 2.63. The van der Waals surface area contributed by atoms with E-state index in [0.29, 0.717) is 12.1 Å². The van der Waals surface area contributed by atoms with Gasteiger partial charge in [0.25, 0.3) is 5.91 Å². The van der Waals surface area contributed by atoms with E-state index >= 15 is 0 Å². The number of nitrogens with one attached hydrogen (secondary N) is 1. The van der Waals surface area contributed by atoms with E-state index in [9.17, 15) is 9.18 Å². The second-order valence-corrected chi connectivity index (χ2v) is 3.55. The summed E-state index contributed by atoms with van der Waals surface area (Å²) < 4.78 is 17.8. The molecule has 0 saturated heterocycles. The topological polar surface area (TPSA) is 68.3 Å². The molecule has 0 spiro atoms. The average Bonchev–Trinajstić information content (AvgIpc) is 2.82. The standard InChI is InChI=1S/C12H11FN2O2/c13-10-2-1-9(5-11(10)14)12(16)15-6-8-3-4-17-7-8/h1-5,7H,6,14H2,(H,15,16). The van der Waals surface area contributed by atoms with Crippen LogP contribution in [0.1, 0.15) is 15.9 Å². The van der Waals surface area contributed by atoms with Gasteiger partial charge in [-0.25, -0.2) is 4.39 Å². The van der Waals surface area contributed by atoms with Gasteiger partial charge in [0.2, 0.25) is 0 Å². The molecule has 0 radical (unpaired) electrons. The van der Waals surface area contributed by atoms with Crippen LogP contribution in [0.25, 0.3) is 0 Å². The Kier molecular flexibility index (Phi) is 3.09. The summed E-state index contributed by atoms with van der Waals surface area (Å²) in [7, 11) is 0. The van der Waals surface area contributed by atoms with Crippen molar-refractivity contribution < 1.29 is 13.6 Å². The molecule has 17 heavy (non-hydrogen) atoms. The zero-order chi connectivity index (χ0) is 12.3. The number of rotatable bonds is 3. The summed E-state index contributed by atoms with van der Waals surface area (Å²) in [6, 6.07) is 5.61. The van der Waals surface area contributed by atoms with Crippen LogP contribution in [0.5, 0.6) is 0 Å². The van der Waals surface area contributed by atoms with Gasteiger partial charge in [-0.15, -0.1) is 0 Å². The molecule has 2 rings (SSSR count). The SMILES string of the molecule is Nc1cc(C(=O)NCc2ccoc2)ccc1F. The molecule has 0 saturated carbocycles. The number of carbonyl (C=O) groups is 1. The van der Waals surface area contributed by atoms with Crippen molar-refractivity contribution in [3.8, 4) is 0 Å². The summed E-state index contributed by atoms with van der Waals surface area (Å²) in [4.78, 5) is 11.7.